The van der Waals surface area contributed by atoms with E-state index in [2.05, 4.69) is 5.32 Å². The molecule has 0 aliphatic rings. The Balaban J connectivity index is 1.98. The quantitative estimate of drug-likeness (QED) is 0.613. The van der Waals surface area contributed by atoms with E-state index in [0.29, 0.717) is 0 Å². The molecule has 1 amide bonds. The number of anilines is 1. The van der Waals surface area contributed by atoms with Gasteiger partial charge in [0.2, 0.25) is 11.7 Å². The Morgan fingerprint density at radius 1 is 1.12 bits per heavy atom. The predicted molar refractivity (Wildman–Crippen MR) is 91.1 cm³/mol. The first-order chi connectivity index (χ1) is 12.3. The maximum Gasteiger partial charge on any atom is 0.310 e. The number of amides is 1. The molecule has 5 nitrogen and oxygen atoms in total. The van der Waals surface area contributed by atoms with Gasteiger partial charge in [-0.3, -0.25) is 14.4 Å². The lowest BCUT2D eigenvalue weighted by Crippen LogP contribution is -2.17. The SMILES string of the molecule is CC(=O)Nc1ccc(C(=O)COC(=O)Cc2c(F)cccc2Cl)c(F)c1. The fourth-order valence-electron chi connectivity index (χ4n) is 2.14. The fraction of sp³-hybridized carbons (Fsp3) is 0.167. The van der Waals surface area contributed by atoms with E-state index in [9.17, 15) is 23.2 Å². The second-order valence-electron chi connectivity index (χ2n) is 5.34. The molecule has 1 N–H and O–H groups in total. The number of ether oxygens (including phenoxy) is 1. The van der Waals surface area contributed by atoms with Crippen molar-refractivity contribution in [3.63, 3.8) is 0 Å². The molecule has 2 rings (SSSR count). The molecule has 2 aromatic rings. The average molecular weight is 382 g/mol. The topological polar surface area (TPSA) is 72.5 Å². The monoisotopic (exact) mass is 381 g/mol. The van der Waals surface area contributed by atoms with Crippen LogP contribution in [0.3, 0.4) is 0 Å². The number of hydrogen-bond donors (Lipinski definition) is 1. The van der Waals surface area contributed by atoms with E-state index in [-0.39, 0.29) is 27.7 Å². The van der Waals surface area contributed by atoms with Crippen molar-refractivity contribution in [2.45, 2.75) is 13.3 Å². The van der Waals surface area contributed by atoms with Crippen LogP contribution in [0.15, 0.2) is 36.4 Å². The molecule has 0 atom stereocenters. The highest BCUT2D eigenvalue weighted by atomic mass is 35.5. The lowest BCUT2D eigenvalue weighted by Gasteiger charge is -2.08. The van der Waals surface area contributed by atoms with Crippen molar-refractivity contribution in [2.24, 2.45) is 0 Å². The van der Waals surface area contributed by atoms with Crippen LogP contribution in [0.2, 0.25) is 5.02 Å². The van der Waals surface area contributed by atoms with Crippen LogP contribution >= 0.6 is 11.6 Å². The van der Waals surface area contributed by atoms with Crippen LogP contribution in [-0.2, 0) is 20.7 Å². The highest BCUT2D eigenvalue weighted by Crippen LogP contribution is 2.20. The summed E-state index contributed by atoms with van der Waals surface area (Å²) in [7, 11) is 0. The number of ketones is 1. The van der Waals surface area contributed by atoms with Gasteiger partial charge in [-0.25, -0.2) is 8.78 Å². The van der Waals surface area contributed by atoms with Gasteiger partial charge in [0, 0.05) is 23.2 Å². The third-order valence-electron chi connectivity index (χ3n) is 3.34. The standard InChI is InChI=1S/C18H14ClF2NO4/c1-10(23)22-11-5-6-12(16(21)7-11)17(24)9-26-18(25)8-13-14(19)3-2-4-15(13)20/h2-7H,8-9H2,1H3,(H,22,23). The van der Waals surface area contributed by atoms with Gasteiger partial charge in [0.05, 0.1) is 12.0 Å². The van der Waals surface area contributed by atoms with Gasteiger partial charge in [-0.15, -0.1) is 0 Å². The smallest absolute Gasteiger partial charge is 0.310 e. The molecule has 0 aromatic heterocycles. The van der Waals surface area contributed by atoms with Gasteiger partial charge in [-0.2, -0.15) is 0 Å². The summed E-state index contributed by atoms with van der Waals surface area (Å²) in [6.07, 6.45) is -0.456. The second kappa shape index (κ2) is 8.53. The summed E-state index contributed by atoms with van der Waals surface area (Å²) < 4.78 is 32.3. The molecule has 0 saturated carbocycles. The molecule has 26 heavy (non-hydrogen) atoms. The maximum atomic E-state index is 13.9. The van der Waals surface area contributed by atoms with Gasteiger partial charge in [0.15, 0.2) is 6.61 Å². The van der Waals surface area contributed by atoms with Crippen molar-refractivity contribution in [3.05, 3.63) is 64.2 Å². The number of rotatable bonds is 6. The molecule has 136 valence electrons. The van der Waals surface area contributed by atoms with Crippen molar-refractivity contribution in [2.75, 3.05) is 11.9 Å². The molecular formula is C18H14ClF2NO4. The summed E-state index contributed by atoms with van der Waals surface area (Å²) in [5, 5.41) is 2.44. The van der Waals surface area contributed by atoms with Crippen LogP contribution in [0.4, 0.5) is 14.5 Å². The highest BCUT2D eigenvalue weighted by molar-refractivity contribution is 6.31. The molecule has 0 fully saturated rings. The van der Waals surface area contributed by atoms with E-state index in [0.717, 1.165) is 12.1 Å². The van der Waals surface area contributed by atoms with E-state index in [1.54, 1.807) is 0 Å². The first-order valence-corrected chi connectivity index (χ1v) is 7.84. The number of halogens is 3. The van der Waals surface area contributed by atoms with E-state index in [1.807, 2.05) is 0 Å². The number of esters is 1. The molecule has 0 radical (unpaired) electrons. The number of benzene rings is 2. The summed E-state index contributed by atoms with van der Waals surface area (Å²) in [4.78, 5) is 34.7. The van der Waals surface area contributed by atoms with Crippen molar-refractivity contribution in [1.82, 2.24) is 0 Å². The molecule has 0 saturated heterocycles. The molecule has 0 aliphatic carbocycles. The number of carbonyl (C=O) groups is 3. The normalized spacial score (nSPS) is 10.3. The number of nitrogens with one attached hydrogen (secondary N) is 1. The summed E-state index contributed by atoms with van der Waals surface area (Å²) in [5.41, 5.74) is -0.147. The number of hydrogen-bond acceptors (Lipinski definition) is 4. The van der Waals surface area contributed by atoms with Crippen LogP contribution in [-0.4, -0.2) is 24.3 Å². The lowest BCUT2D eigenvalue weighted by molar-refractivity contribution is -0.141. The number of Topliss-reactive ketones (excluding diaryl/α,β-unsaturated/α-hetero) is 1. The van der Waals surface area contributed by atoms with Crippen molar-refractivity contribution < 1.29 is 27.9 Å². The first kappa shape index (κ1) is 19.5. The third-order valence-corrected chi connectivity index (χ3v) is 3.69. The average Bonchev–Trinajstić information content (AvgIpc) is 2.55. The van der Waals surface area contributed by atoms with Crippen LogP contribution in [0, 0.1) is 11.6 Å². The van der Waals surface area contributed by atoms with Gasteiger partial charge < -0.3 is 10.1 Å². The third kappa shape index (κ3) is 5.10. The predicted octanol–water partition coefficient (Wildman–Crippen LogP) is 3.55. The molecule has 0 aliphatic heterocycles. The largest absolute Gasteiger partial charge is 0.457 e. The van der Waals surface area contributed by atoms with Crippen molar-refractivity contribution in [3.8, 4) is 0 Å². The minimum absolute atomic E-state index is 0.0440. The van der Waals surface area contributed by atoms with Crippen LogP contribution in [0.5, 0.6) is 0 Å². The van der Waals surface area contributed by atoms with E-state index in [4.69, 9.17) is 16.3 Å². The maximum absolute atomic E-state index is 13.9. The zero-order chi connectivity index (χ0) is 19.3. The van der Waals surface area contributed by atoms with Crippen molar-refractivity contribution >= 4 is 34.9 Å². The van der Waals surface area contributed by atoms with Gasteiger partial charge in [-0.1, -0.05) is 17.7 Å². The Hall–Kier alpha value is -2.80. The number of carbonyl (C=O) groups excluding carboxylic acids is 3. The van der Waals surface area contributed by atoms with Gasteiger partial charge in [0.25, 0.3) is 0 Å². The van der Waals surface area contributed by atoms with Crippen LogP contribution < -0.4 is 5.32 Å². The molecule has 2 aromatic carbocycles. The zero-order valence-electron chi connectivity index (χ0n) is 13.6. The van der Waals surface area contributed by atoms with Gasteiger partial charge >= 0.3 is 5.97 Å². The molecule has 0 spiro atoms. The minimum atomic E-state index is -0.874. The molecule has 0 bridgehead atoms. The van der Waals surface area contributed by atoms with E-state index >= 15 is 0 Å². The van der Waals surface area contributed by atoms with Crippen LogP contribution in [0.25, 0.3) is 0 Å². The Bertz CT molecular complexity index is 850. The van der Waals surface area contributed by atoms with Gasteiger partial charge in [-0.05, 0) is 30.3 Å². The lowest BCUT2D eigenvalue weighted by atomic mass is 10.1. The second-order valence-corrected chi connectivity index (χ2v) is 5.74. The summed E-state index contributed by atoms with van der Waals surface area (Å²) in [5.74, 6) is -3.57. The van der Waals surface area contributed by atoms with Crippen LogP contribution in [0.1, 0.15) is 22.8 Å². The first-order valence-electron chi connectivity index (χ1n) is 7.46. The Morgan fingerprint density at radius 3 is 2.46 bits per heavy atom. The Labute approximate surface area is 152 Å². The Kier molecular flexibility index (Phi) is 6.41. The minimum Gasteiger partial charge on any atom is -0.457 e. The molecule has 8 heteroatoms. The highest BCUT2D eigenvalue weighted by Gasteiger charge is 2.17. The van der Waals surface area contributed by atoms with Crippen molar-refractivity contribution in [1.29, 1.82) is 0 Å². The Morgan fingerprint density at radius 2 is 1.85 bits per heavy atom. The molecule has 0 unspecified atom stereocenters. The van der Waals surface area contributed by atoms with E-state index < -0.39 is 36.4 Å². The fourth-order valence-corrected chi connectivity index (χ4v) is 2.37. The van der Waals surface area contributed by atoms with E-state index in [1.165, 1.54) is 31.2 Å². The van der Waals surface area contributed by atoms with Gasteiger partial charge in [0.1, 0.15) is 11.6 Å². The molecular weight excluding hydrogens is 368 g/mol. The molecule has 0 heterocycles. The zero-order valence-corrected chi connectivity index (χ0v) is 14.4. The summed E-state index contributed by atoms with van der Waals surface area (Å²) >= 11 is 5.81. The summed E-state index contributed by atoms with van der Waals surface area (Å²) in [6.45, 7) is 0.555. The summed E-state index contributed by atoms with van der Waals surface area (Å²) in [6, 6.07) is 7.46.